The second kappa shape index (κ2) is 66.1. The summed E-state index contributed by atoms with van der Waals surface area (Å²) in [6, 6.07) is 0. The minimum Gasteiger partial charge on any atom is -0.462 e. The summed E-state index contributed by atoms with van der Waals surface area (Å²) in [6.45, 7) is 6.68. The van der Waals surface area contributed by atoms with Crippen molar-refractivity contribution in [1.82, 2.24) is 0 Å². The molecule has 0 aliphatic rings. The van der Waals surface area contributed by atoms with Crippen molar-refractivity contribution in [2.24, 2.45) is 0 Å². The lowest BCUT2D eigenvalue weighted by atomic mass is 10.0. The van der Waals surface area contributed by atoms with Crippen molar-refractivity contribution in [3.8, 4) is 0 Å². The third-order valence-electron chi connectivity index (χ3n) is 15.6. The van der Waals surface area contributed by atoms with Crippen molar-refractivity contribution in [1.29, 1.82) is 0 Å². The molecule has 0 spiro atoms. The Labute approximate surface area is 480 Å². The van der Waals surface area contributed by atoms with Gasteiger partial charge in [-0.3, -0.25) is 14.4 Å². The summed E-state index contributed by atoms with van der Waals surface area (Å²) in [5.74, 6) is -0.858. The van der Waals surface area contributed by atoms with Crippen LogP contribution < -0.4 is 0 Å². The van der Waals surface area contributed by atoms with Crippen LogP contribution in [0.1, 0.15) is 380 Å². The van der Waals surface area contributed by atoms with Crippen LogP contribution in [0.5, 0.6) is 0 Å². The van der Waals surface area contributed by atoms with Crippen molar-refractivity contribution in [2.75, 3.05) is 13.2 Å². The number of rotatable bonds is 64. The van der Waals surface area contributed by atoms with Gasteiger partial charge in [0.15, 0.2) is 6.10 Å². The summed E-state index contributed by atoms with van der Waals surface area (Å²) < 4.78 is 17.0. The van der Waals surface area contributed by atoms with Gasteiger partial charge in [0.2, 0.25) is 0 Å². The maximum atomic E-state index is 12.9. The topological polar surface area (TPSA) is 78.9 Å². The highest BCUT2D eigenvalue weighted by Gasteiger charge is 2.19. The zero-order chi connectivity index (χ0) is 55.7. The van der Waals surface area contributed by atoms with Crippen LogP contribution >= 0.6 is 0 Å². The fourth-order valence-corrected chi connectivity index (χ4v) is 10.5. The molecule has 0 aliphatic carbocycles. The van der Waals surface area contributed by atoms with Crippen molar-refractivity contribution in [3.05, 3.63) is 36.5 Å². The fourth-order valence-electron chi connectivity index (χ4n) is 10.5. The minimum atomic E-state index is -0.776. The molecule has 77 heavy (non-hydrogen) atoms. The van der Waals surface area contributed by atoms with Crippen LogP contribution in [0.15, 0.2) is 36.5 Å². The van der Waals surface area contributed by atoms with E-state index in [2.05, 4.69) is 57.2 Å². The molecule has 0 fully saturated rings. The summed E-state index contributed by atoms with van der Waals surface area (Å²) in [6.07, 6.45) is 81.7. The summed E-state index contributed by atoms with van der Waals surface area (Å²) in [5.41, 5.74) is 0. The molecule has 0 aromatic carbocycles. The first-order valence-corrected chi connectivity index (χ1v) is 34.5. The molecular weight excluding hydrogens is 949 g/mol. The Balaban J connectivity index is 4.23. The molecule has 6 nitrogen and oxygen atoms in total. The first kappa shape index (κ1) is 74.6. The molecule has 0 saturated heterocycles. The lowest BCUT2D eigenvalue weighted by Crippen LogP contribution is -2.30. The standard InChI is InChI=1S/C71H132O6/c1-4-7-10-13-16-19-22-25-27-29-31-33-34-35-36-37-39-40-42-44-46-49-52-55-58-61-64-70(73)76-67-68(66-75-69(72)63-60-57-54-51-48-24-21-18-15-12-9-6-3)77-71(74)65-62-59-56-53-50-47-45-43-41-38-32-30-28-26-23-20-17-14-11-8-5-2/h23,26,30,32,41,43,68H,4-22,24-25,27-29,31,33-40,42,44-67H2,1-3H3/b26-23-,32-30-,43-41-. The van der Waals surface area contributed by atoms with E-state index < -0.39 is 6.10 Å². The van der Waals surface area contributed by atoms with Gasteiger partial charge in [-0.1, -0.05) is 340 Å². The van der Waals surface area contributed by atoms with Gasteiger partial charge in [0.05, 0.1) is 0 Å². The maximum Gasteiger partial charge on any atom is 0.306 e. The fraction of sp³-hybridized carbons (Fsp3) is 0.873. The molecule has 6 heteroatoms. The van der Waals surface area contributed by atoms with Gasteiger partial charge in [-0.05, 0) is 57.8 Å². The monoisotopic (exact) mass is 1080 g/mol. The normalized spacial score (nSPS) is 12.2. The smallest absolute Gasteiger partial charge is 0.306 e. The molecule has 1 unspecified atom stereocenters. The molecule has 0 radical (unpaired) electrons. The van der Waals surface area contributed by atoms with E-state index >= 15 is 0 Å². The summed E-state index contributed by atoms with van der Waals surface area (Å²) in [7, 11) is 0. The van der Waals surface area contributed by atoms with Gasteiger partial charge in [0, 0.05) is 19.3 Å². The maximum absolute atomic E-state index is 12.9. The molecule has 0 bridgehead atoms. The van der Waals surface area contributed by atoms with Crippen molar-refractivity contribution in [3.63, 3.8) is 0 Å². The molecule has 0 aliphatic heterocycles. The second-order valence-electron chi connectivity index (χ2n) is 23.5. The minimum absolute atomic E-state index is 0.0721. The number of unbranched alkanes of at least 4 members (excludes halogenated alkanes) is 47. The third kappa shape index (κ3) is 64.3. The lowest BCUT2D eigenvalue weighted by Gasteiger charge is -2.18. The largest absolute Gasteiger partial charge is 0.462 e. The second-order valence-corrected chi connectivity index (χ2v) is 23.5. The Bertz CT molecular complexity index is 1290. The number of hydrogen-bond donors (Lipinski definition) is 0. The van der Waals surface area contributed by atoms with Crippen molar-refractivity contribution < 1.29 is 28.6 Å². The number of carbonyl (C=O) groups is 3. The molecule has 0 N–H and O–H groups in total. The van der Waals surface area contributed by atoms with Gasteiger partial charge in [0.25, 0.3) is 0 Å². The SMILES string of the molecule is CCCCCCC/C=C\C/C=C\C/C=C\CCCCCCCCC(=O)OC(COC(=O)CCCCCCCCCCCCCC)COC(=O)CCCCCCCCCCCCCCCCCCCCCCCCCCCC. The number of esters is 3. The molecule has 1 atom stereocenters. The van der Waals surface area contributed by atoms with Gasteiger partial charge in [-0.25, -0.2) is 0 Å². The van der Waals surface area contributed by atoms with Gasteiger partial charge in [-0.15, -0.1) is 0 Å². The first-order valence-electron chi connectivity index (χ1n) is 34.5. The predicted molar refractivity (Wildman–Crippen MR) is 335 cm³/mol. The van der Waals surface area contributed by atoms with Crippen LogP contribution in [-0.4, -0.2) is 37.2 Å². The Morgan fingerprint density at radius 1 is 0.260 bits per heavy atom. The van der Waals surface area contributed by atoms with E-state index in [1.165, 1.54) is 263 Å². The molecule has 0 rings (SSSR count). The molecule has 0 saturated carbocycles. The van der Waals surface area contributed by atoms with Gasteiger partial charge in [-0.2, -0.15) is 0 Å². The molecule has 452 valence electrons. The Morgan fingerprint density at radius 2 is 0.468 bits per heavy atom. The first-order chi connectivity index (χ1) is 38.0. The summed E-state index contributed by atoms with van der Waals surface area (Å²) >= 11 is 0. The molecular formula is C71H132O6. The molecule has 0 amide bonds. The predicted octanol–water partition coefficient (Wildman–Crippen LogP) is 23.6. The van der Waals surface area contributed by atoms with Crippen LogP contribution in [0.25, 0.3) is 0 Å². The summed E-state index contributed by atoms with van der Waals surface area (Å²) in [5, 5.41) is 0. The number of allylic oxidation sites excluding steroid dienone is 6. The number of hydrogen-bond acceptors (Lipinski definition) is 6. The quantitative estimate of drug-likeness (QED) is 0.0261. The van der Waals surface area contributed by atoms with Crippen LogP contribution in [0.2, 0.25) is 0 Å². The Kier molecular flexibility index (Phi) is 64.1. The number of carbonyl (C=O) groups excluding carboxylic acids is 3. The average molecular weight is 1080 g/mol. The van der Waals surface area contributed by atoms with Crippen LogP contribution in [0, 0.1) is 0 Å². The van der Waals surface area contributed by atoms with Crippen molar-refractivity contribution in [2.45, 2.75) is 386 Å². The Hall–Kier alpha value is -2.37. The van der Waals surface area contributed by atoms with Gasteiger partial charge >= 0.3 is 17.9 Å². The van der Waals surface area contributed by atoms with Gasteiger partial charge < -0.3 is 14.2 Å². The Morgan fingerprint density at radius 3 is 0.727 bits per heavy atom. The molecule has 0 aromatic heterocycles. The highest BCUT2D eigenvalue weighted by molar-refractivity contribution is 5.71. The summed E-state index contributed by atoms with van der Waals surface area (Å²) in [4.78, 5) is 38.3. The van der Waals surface area contributed by atoms with E-state index in [1.807, 2.05) is 0 Å². The zero-order valence-electron chi connectivity index (χ0n) is 52.0. The van der Waals surface area contributed by atoms with Crippen LogP contribution in [0.3, 0.4) is 0 Å². The molecule has 0 aromatic rings. The van der Waals surface area contributed by atoms with Gasteiger partial charge in [0.1, 0.15) is 13.2 Å². The van der Waals surface area contributed by atoms with Crippen molar-refractivity contribution >= 4 is 17.9 Å². The van der Waals surface area contributed by atoms with E-state index in [0.29, 0.717) is 19.3 Å². The highest BCUT2D eigenvalue weighted by Crippen LogP contribution is 2.18. The van der Waals surface area contributed by atoms with Crippen LogP contribution in [0.4, 0.5) is 0 Å². The van der Waals surface area contributed by atoms with E-state index in [0.717, 1.165) is 77.0 Å². The number of ether oxygens (including phenoxy) is 3. The van der Waals surface area contributed by atoms with E-state index in [-0.39, 0.29) is 31.1 Å². The molecule has 0 heterocycles. The lowest BCUT2D eigenvalue weighted by molar-refractivity contribution is -0.167. The average Bonchev–Trinajstić information content (AvgIpc) is 3.43. The van der Waals surface area contributed by atoms with Crippen LogP contribution in [-0.2, 0) is 28.6 Å². The van der Waals surface area contributed by atoms with E-state index in [1.54, 1.807) is 0 Å². The van der Waals surface area contributed by atoms with E-state index in [4.69, 9.17) is 14.2 Å². The zero-order valence-corrected chi connectivity index (χ0v) is 52.0. The third-order valence-corrected chi connectivity index (χ3v) is 15.6. The highest BCUT2D eigenvalue weighted by atomic mass is 16.6. The van der Waals surface area contributed by atoms with E-state index in [9.17, 15) is 14.4 Å².